The lowest BCUT2D eigenvalue weighted by Gasteiger charge is -2.36. The zero-order valence-electron chi connectivity index (χ0n) is 15.5. The van der Waals surface area contributed by atoms with Crippen molar-refractivity contribution in [3.63, 3.8) is 0 Å². The predicted octanol–water partition coefficient (Wildman–Crippen LogP) is 2.72. The summed E-state index contributed by atoms with van der Waals surface area (Å²) in [6.07, 6.45) is 0.436. The number of nitriles is 1. The number of carbonyl (C=O) groups excluding carboxylic acids is 1. The fraction of sp³-hybridized carbons (Fsp3) is 0.333. The van der Waals surface area contributed by atoms with E-state index in [-0.39, 0.29) is 5.91 Å². The molecule has 0 atom stereocenters. The van der Waals surface area contributed by atoms with Gasteiger partial charge in [-0.1, -0.05) is 18.2 Å². The highest BCUT2D eigenvalue weighted by Gasteiger charge is 2.22. The number of carbonyl (C=O) groups is 1. The maximum atomic E-state index is 12.5. The molecule has 0 radical (unpaired) electrons. The minimum Gasteiger partial charge on any atom is -0.495 e. The van der Waals surface area contributed by atoms with E-state index in [1.807, 2.05) is 35.2 Å². The normalized spacial score (nSPS) is 13.8. The zero-order chi connectivity index (χ0) is 19.1. The molecule has 6 nitrogen and oxygen atoms in total. The number of amides is 1. The van der Waals surface area contributed by atoms with Crippen molar-refractivity contribution in [2.75, 3.05) is 50.1 Å². The summed E-state index contributed by atoms with van der Waals surface area (Å²) in [5.41, 5.74) is 2.55. The highest BCUT2D eigenvalue weighted by Crippen LogP contribution is 2.28. The van der Waals surface area contributed by atoms with E-state index in [0.29, 0.717) is 31.6 Å². The smallest absolute Gasteiger partial charge is 0.224 e. The van der Waals surface area contributed by atoms with Crippen LogP contribution in [-0.2, 0) is 4.79 Å². The zero-order valence-corrected chi connectivity index (χ0v) is 15.5. The van der Waals surface area contributed by atoms with Crippen LogP contribution < -0.4 is 15.0 Å². The molecule has 1 aliphatic rings. The molecule has 0 aliphatic carbocycles. The average Bonchev–Trinajstić information content (AvgIpc) is 2.74. The summed E-state index contributed by atoms with van der Waals surface area (Å²) < 4.78 is 5.43. The van der Waals surface area contributed by atoms with Crippen molar-refractivity contribution in [3.05, 3.63) is 54.1 Å². The summed E-state index contributed by atoms with van der Waals surface area (Å²) in [7, 11) is 1.68. The second kappa shape index (κ2) is 8.95. The molecule has 27 heavy (non-hydrogen) atoms. The molecule has 1 aliphatic heterocycles. The van der Waals surface area contributed by atoms with Gasteiger partial charge in [0.1, 0.15) is 5.75 Å². The lowest BCUT2D eigenvalue weighted by atomic mass is 10.2. The van der Waals surface area contributed by atoms with Crippen molar-refractivity contribution in [3.8, 4) is 11.8 Å². The van der Waals surface area contributed by atoms with Crippen LogP contribution in [0, 0.1) is 11.3 Å². The Balaban J connectivity index is 1.46. The molecule has 140 valence electrons. The van der Waals surface area contributed by atoms with Gasteiger partial charge in [-0.3, -0.25) is 4.79 Å². The number of nitrogens with zero attached hydrogens (tertiary/aromatic N) is 3. The number of piperazine rings is 1. The van der Waals surface area contributed by atoms with Gasteiger partial charge in [0.05, 0.1) is 24.4 Å². The lowest BCUT2D eigenvalue weighted by molar-refractivity contribution is -0.131. The summed E-state index contributed by atoms with van der Waals surface area (Å²) in [6, 6.07) is 17.4. The van der Waals surface area contributed by atoms with Crippen LogP contribution in [0.1, 0.15) is 12.0 Å². The largest absolute Gasteiger partial charge is 0.495 e. The Labute approximate surface area is 160 Å². The molecule has 1 N–H and O–H groups in total. The molecule has 0 saturated carbocycles. The van der Waals surface area contributed by atoms with Crippen LogP contribution in [0.25, 0.3) is 0 Å². The van der Waals surface area contributed by atoms with Crippen LogP contribution in [0.15, 0.2) is 48.5 Å². The van der Waals surface area contributed by atoms with Crippen LogP contribution in [0.5, 0.6) is 5.75 Å². The van der Waals surface area contributed by atoms with E-state index in [4.69, 9.17) is 10.00 Å². The summed E-state index contributed by atoms with van der Waals surface area (Å²) >= 11 is 0. The monoisotopic (exact) mass is 364 g/mol. The van der Waals surface area contributed by atoms with E-state index >= 15 is 0 Å². The molecule has 0 spiro atoms. The molecule has 0 unspecified atom stereocenters. The van der Waals surface area contributed by atoms with Crippen molar-refractivity contribution in [2.24, 2.45) is 0 Å². The van der Waals surface area contributed by atoms with Gasteiger partial charge in [0.25, 0.3) is 0 Å². The van der Waals surface area contributed by atoms with E-state index in [9.17, 15) is 4.79 Å². The molecule has 6 heteroatoms. The van der Waals surface area contributed by atoms with Gasteiger partial charge in [-0.2, -0.15) is 5.26 Å². The first-order valence-corrected chi connectivity index (χ1v) is 9.11. The van der Waals surface area contributed by atoms with Crippen molar-refractivity contribution in [2.45, 2.75) is 6.42 Å². The number of ether oxygens (including phenoxy) is 1. The van der Waals surface area contributed by atoms with Crippen LogP contribution in [0.3, 0.4) is 0 Å². The second-order valence-corrected chi connectivity index (χ2v) is 6.41. The predicted molar refractivity (Wildman–Crippen MR) is 106 cm³/mol. The first-order chi connectivity index (χ1) is 13.2. The molecule has 2 aromatic carbocycles. The van der Waals surface area contributed by atoms with Gasteiger partial charge in [-0.15, -0.1) is 0 Å². The van der Waals surface area contributed by atoms with E-state index in [1.54, 1.807) is 19.2 Å². The maximum absolute atomic E-state index is 12.5. The summed E-state index contributed by atoms with van der Waals surface area (Å²) in [6.45, 7) is 3.57. The number of nitrogens with one attached hydrogen (secondary N) is 1. The molecule has 1 amide bonds. The Morgan fingerprint density at radius 1 is 1.15 bits per heavy atom. The first-order valence-electron chi connectivity index (χ1n) is 9.11. The van der Waals surface area contributed by atoms with Crippen LogP contribution >= 0.6 is 0 Å². The summed E-state index contributed by atoms with van der Waals surface area (Å²) in [5, 5.41) is 12.1. The standard InChI is InChI=1S/C21H24N4O2/c1-27-20-8-3-2-7-19(20)24-11-13-25(14-12-24)21(26)9-10-23-18-6-4-5-17(15-18)16-22/h2-8,15,23H,9-14H2,1H3. The van der Waals surface area contributed by atoms with Gasteiger partial charge in [-0.05, 0) is 30.3 Å². The Bertz CT molecular complexity index is 823. The van der Waals surface area contributed by atoms with Crippen molar-refractivity contribution < 1.29 is 9.53 Å². The molecule has 3 rings (SSSR count). The number of hydrogen-bond donors (Lipinski definition) is 1. The third-order valence-corrected chi connectivity index (χ3v) is 4.72. The van der Waals surface area contributed by atoms with Gasteiger partial charge in [0, 0.05) is 44.8 Å². The number of rotatable bonds is 6. The van der Waals surface area contributed by atoms with Crippen molar-refractivity contribution in [1.29, 1.82) is 5.26 Å². The quantitative estimate of drug-likeness (QED) is 0.854. The fourth-order valence-corrected chi connectivity index (χ4v) is 3.26. The summed E-state index contributed by atoms with van der Waals surface area (Å²) in [4.78, 5) is 16.6. The SMILES string of the molecule is COc1ccccc1N1CCN(C(=O)CCNc2cccc(C#N)c2)CC1. The summed E-state index contributed by atoms with van der Waals surface area (Å²) in [5.74, 6) is 1.01. The molecule has 0 bridgehead atoms. The Morgan fingerprint density at radius 3 is 2.67 bits per heavy atom. The molecule has 1 fully saturated rings. The molecular formula is C21H24N4O2. The van der Waals surface area contributed by atoms with Gasteiger partial charge in [0.15, 0.2) is 0 Å². The van der Waals surface area contributed by atoms with E-state index < -0.39 is 0 Å². The van der Waals surface area contributed by atoms with Crippen LogP contribution in [-0.4, -0.2) is 50.6 Å². The third-order valence-electron chi connectivity index (χ3n) is 4.72. The average molecular weight is 364 g/mol. The van der Waals surface area contributed by atoms with E-state index in [0.717, 1.165) is 30.2 Å². The van der Waals surface area contributed by atoms with E-state index in [2.05, 4.69) is 22.4 Å². The number of hydrogen-bond acceptors (Lipinski definition) is 5. The van der Waals surface area contributed by atoms with Gasteiger partial charge in [0.2, 0.25) is 5.91 Å². The molecule has 0 aromatic heterocycles. The minimum absolute atomic E-state index is 0.151. The first kappa shape index (κ1) is 18.6. The minimum atomic E-state index is 0.151. The highest BCUT2D eigenvalue weighted by atomic mass is 16.5. The third kappa shape index (κ3) is 4.70. The molecule has 2 aromatic rings. The second-order valence-electron chi connectivity index (χ2n) is 6.41. The van der Waals surface area contributed by atoms with Gasteiger partial charge in [-0.25, -0.2) is 0 Å². The van der Waals surface area contributed by atoms with Crippen molar-refractivity contribution in [1.82, 2.24) is 4.90 Å². The number of anilines is 2. The van der Waals surface area contributed by atoms with E-state index in [1.165, 1.54) is 0 Å². The molecule has 1 heterocycles. The Hall–Kier alpha value is -3.20. The molecule has 1 saturated heterocycles. The topological polar surface area (TPSA) is 68.6 Å². The van der Waals surface area contributed by atoms with Gasteiger partial charge >= 0.3 is 0 Å². The number of para-hydroxylation sites is 2. The van der Waals surface area contributed by atoms with Crippen LogP contribution in [0.2, 0.25) is 0 Å². The Kier molecular flexibility index (Phi) is 6.16. The number of benzene rings is 2. The van der Waals surface area contributed by atoms with Crippen LogP contribution in [0.4, 0.5) is 11.4 Å². The molecular weight excluding hydrogens is 340 g/mol. The lowest BCUT2D eigenvalue weighted by Crippen LogP contribution is -2.49. The maximum Gasteiger partial charge on any atom is 0.224 e. The Morgan fingerprint density at radius 2 is 1.93 bits per heavy atom. The highest BCUT2D eigenvalue weighted by molar-refractivity contribution is 5.77. The van der Waals surface area contributed by atoms with Crippen molar-refractivity contribution >= 4 is 17.3 Å². The van der Waals surface area contributed by atoms with Gasteiger partial charge < -0.3 is 19.9 Å². The number of methoxy groups -OCH3 is 1. The fourth-order valence-electron chi connectivity index (χ4n) is 3.26.